The van der Waals surface area contributed by atoms with Crippen molar-refractivity contribution < 1.29 is 4.79 Å². The molecule has 146 valence electrons. The molecular formula is C22H27N5O. The Morgan fingerprint density at radius 2 is 1.82 bits per heavy atom. The predicted molar refractivity (Wildman–Crippen MR) is 113 cm³/mol. The maximum atomic E-state index is 12.5. The van der Waals surface area contributed by atoms with E-state index in [9.17, 15) is 4.79 Å². The van der Waals surface area contributed by atoms with Gasteiger partial charge in [0.15, 0.2) is 0 Å². The fraction of sp³-hybridized carbons (Fsp3) is 0.364. The number of carbonyl (C=O) groups excluding carboxylic acids is 1. The Balaban J connectivity index is 1.44. The lowest BCUT2D eigenvalue weighted by atomic mass is 10.0. The molecule has 2 N–H and O–H groups in total. The molecule has 1 amide bonds. The molecule has 6 nitrogen and oxygen atoms in total. The Labute approximate surface area is 165 Å². The van der Waals surface area contributed by atoms with Gasteiger partial charge in [-0.3, -0.25) is 4.79 Å². The van der Waals surface area contributed by atoms with Crippen LogP contribution in [0.15, 0.2) is 48.5 Å². The lowest BCUT2D eigenvalue weighted by Crippen LogP contribution is -2.43. The van der Waals surface area contributed by atoms with Crippen LogP contribution in [0.3, 0.4) is 0 Å². The monoisotopic (exact) mass is 377 g/mol. The molecule has 4 rings (SSSR count). The standard InChI is InChI=1S/C22H27N5O/c1-3-27-20-7-5-4-6-19(20)25-22(27)24-17-10-8-16(9-11-17)21(28)23-18-12-14-26(2)15-13-18/h4-11,18H,3,12-15H2,1-2H3,(H,23,28)(H,24,25). The smallest absolute Gasteiger partial charge is 0.251 e. The van der Waals surface area contributed by atoms with Gasteiger partial charge in [-0.05, 0) is 76.3 Å². The third-order valence-electron chi connectivity index (χ3n) is 5.43. The number of likely N-dealkylation sites (tertiary alicyclic amines) is 1. The third-order valence-corrected chi connectivity index (χ3v) is 5.43. The molecule has 1 aliphatic heterocycles. The van der Waals surface area contributed by atoms with Gasteiger partial charge in [-0.1, -0.05) is 12.1 Å². The summed E-state index contributed by atoms with van der Waals surface area (Å²) >= 11 is 0. The molecule has 3 aromatic rings. The Hall–Kier alpha value is -2.86. The zero-order chi connectivity index (χ0) is 19.5. The number of para-hydroxylation sites is 2. The number of nitrogens with one attached hydrogen (secondary N) is 2. The van der Waals surface area contributed by atoms with Gasteiger partial charge in [-0.25, -0.2) is 4.98 Å². The van der Waals surface area contributed by atoms with Gasteiger partial charge < -0.3 is 20.1 Å². The van der Waals surface area contributed by atoms with Crippen LogP contribution in [0, 0.1) is 0 Å². The number of amides is 1. The number of imidazole rings is 1. The second-order valence-corrected chi connectivity index (χ2v) is 7.42. The number of hydrogen-bond donors (Lipinski definition) is 2. The van der Waals surface area contributed by atoms with Gasteiger partial charge in [0.05, 0.1) is 11.0 Å². The molecule has 1 saturated heterocycles. The van der Waals surface area contributed by atoms with Crippen molar-refractivity contribution in [2.24, 2.45) is 0 Å². The molecule has 28 heavy (non-hydrogen) atoms. The molecule has 0 aliphatic carbocycles. The zero-order valence-electron chi connectivity index (χ0n) is 16.5. The first-order chi connectivity index (χ1) is 13.6. The third kappa shape index (κ3) is 3.87. The lowest BCUT2D eigenvalue weighted by Gasteiger charge is -2.29. The van der Waals surface area contributed by atoms with E-state index in [2.05, 4.69) is 45.1 Å². The van der Waals surface area contributed by atoms with Gasteiger partial charge in [-0.2, -0.15) is 0 Å². The number of hydrogen-bond acceptors (Lipinski definition) is 4. The quantitative estimate of drug-likeness (QED) is 0.713. The average molecular weight is 377 g/mol. The summed E-state index contributed by atoms with van der Waals surface area (Å²) in [5.41, 5.74) is 3.69. The maximum absolute atomic E-state index is 12.5. The minimum absolute atomic E-state index is 0.00176. The summed E-state index contributed by atoms with van der Waals surface area (Å²) in [6.07, 6.45) is 2.02. The minimum Gasteiger partial charge on any atom is -0.349 e. The van der Waals surface area contributed by atoms with Crippen molar-refractivity contribution in [1.82, 2.24) is 19.8 Å². The second kappa shape index (κ2) is 8.02. The first-order valence-corrected chi connectivity index (χ1v) is 9.96. The summed E-state index contributed by atoms with van der Waals surface area (Å²) in [5.74, 6) is 0.814. The molecular weight excluding hydrogens is 350 g/mol. The van der Waals surface area contributed by atoms with Crippen molar-refractivity contribution in [2.45, 2.75) is 32.4 Å². The van der Waals surface area contributed by atoms with Gasteiger partial charge in [-0.15, -0.1) is 0 Å². The molecule has 2 heterocycles. The van der Waals surface area contributed by atoms with E-state index in [0.717, 1.165) is 55.1 Å². The van der Waals surface area contributed by atoms with Gasteiger partial charge in [0.25, 0.3) is 5.91 Å². The summed E-state index contributed by atoms with van der Waals surface area (Å²) in [5, 5.41) is 6.54. The Morgan fingerprint density at radius 1 is 1.11 bits per heavy atom. The van der Waals surface area contributed by atoms with E-state index in [-0.39, 0.29) is 11.9 Å². The van der Waals surface area contributed by atoms with E-state index in [0.29, 0.717) is 5.56 Å². The van der Waals surface area contributed by atoms with Crippen LogP contribution in [-0.2, 0) is 6.54 Å². The number of nitrogens with zero attached hydrogens (tertiary/aromatic N) is 3. The van der Waals surface area contributed by atoms with Crippen LogP contribution in [0.1, 0.15) is 30.1 Å². The number of aromatic nitrogens is 2. The van der Waals surface area contributed by atoms with E-state index in [1.807, 2.05) is 42.5 Å². The van der Waals surface area contributed by atoms with E-state index >= 15 is 0 Å². The topological polar surface area (TPSA) is 62.2 Å². The van der Waals surface area contributed by atoms with Gasteiger partial charge >= 0.3 is 0 Å². The van der Waals surface area contributed by atoms with Crippen LogP contribution in [0.25, 0.3) is 11.0 Å². The maximum Gasteiger partial charge on any atom is 0.251 e. The molecule has 6 heteroatoms. The molecule has 1 fully saturated rings. The van der Waals surface area contributed by atoms with E-state index in [1.54, 1.807) is 0 Å². The number of aryl methyl sites for hydroxylation is 1. The first kappa shape index (κ1) is 18.5. The molecule has 1 aliphatic rings. The molecule has 1 aromatic heterocycles. The van der Waals surface area contributed by atoms with E-state index < -0.39 is 0 Å². The van der Waals surface area contributed by atoms with Crippen molar-refractivity contribution in [3.63, 3.8) is 0 Å². The molecule has 0 bridgehead atoms. The van der Waals surface area contributed by atoms with Crippen LogP contribution in [0.5, 0.6) is 0 Å². The molecule has 0 unspecified atom stereocenters. The van der Waals surface area contributed by atoms with Crippen LogP contribution in [-0.4, -0.2) is 46.5 Å². The molecule has 2 aromatic carbocycles. The number of fused-ring (bicyclic) bond motifs is 1. The zero-order valence-corrected chi connectivity index (χ0v) is 16.5. The Bertz CT molecular complexity index is 955. The number of carbonyl (C=O) groups is 1. The SMILES string of the molecule is CCn1c(Nc2ccc(C(=O)NC3CCN(C)CC3)cc2)nc2ccccc21. The first-order valence-electron chi connectivity index (χ1n) is 9.96. The van der Waals surface area contributed by atoms with E-state index in [1.165, 1.54) is 0 Å². The molecule has 0 radical (unpaired) electrons. The summed E-state index contributed by atoms with van der Waals surface area (Å²) in [7, 11) is 2.12. The van der Waals surface area contributed by atoms with E-state index in [4.69, 9.17) is 0 Å². The minimum atomic E-state index is 0.00176. The van der Waals surface area contributed by atoms with Crippen LogP contribution < -0.4 is 10.6 Å². The summed E-state index contributed by atoms with van der Waals surface area (Å²) in [6.45, 7) is 5.01. The fourth-order valence-corrected chi connectivity index (χ4v) is 3.75. The molecule has 0 saturated carbocycles. The highest BCUT2D eigenvalue weighted by atomic mass is 16.1. The highest BCUT2D eigenvalue weighted by Crippen LogP contribution is 2.23. The fourth-order valence-electron chi connectivity index (χ4n) is 3.75. The number of benzene rings is 2. The highest BCUT2D eigenvalue weighted by Gasteiger charge is 2.19. The normalized spacial score (nSPS) is 15.6. The number of rotatable bonds is 5. The van der Waals surface area contributed by atoms with Gasteiger partial charge in [0.2, 0.25) is 5.95 Å². The van der Waals surface area contributed by atoms with Crippen molar-refractivity contribution in [3.05, 3.63) is 54.1 Å². The largest absolute Gasteiger partial charge is 0.349 e. The Morgan fingerprint density at radius 3 is 2.54 bits per heavy atom. The van der Waals surface area contributed by atoms with Crippen molar-refractivity contribution in [1.29, 1.82) is 0 Å². The number of anilines is 2. The average Bonchev–Trinajstić information content (AvgIpc) is 3.07. The number of piperidine rings is 1. The second-order valence-electron chi connectivity index (χ2n) is 7.42. The van der Waals surface area contributed by atoms with Crippen molar-refractivity contribution >= 4 is 28.6 Å². The van der Waals surface area contributed by atoms with Crippen molar-refractivity contribution in [3.8, 4) is 0 Å². The summed E-state index contributed by atoms with van der Waals surface area (Å²) in [4.78, 5) is 19.5. The highest BCUT2D eigenvalue weighted by molar-refractivity contribution is 5.94. The van der Waals surface area contributed by atoms with Crippen LogP contribution in [0.2, 0.25) is 0 Å². The Kier molecular flexibility index (Phi) is 5.30. The summed E-state index contributed by atoms with van der Waals surface area (Å²) < 4.78 is 2.15. The van der Waals surface area contributed by atoms with Gasteiger partial charge in [0, 0.05) is 23.8 Å². The van der Waals surface area contributed by atoms with Crippen molar-refractivity contribution in [2.75, 3.05) is 25.5 Å². The van der Waals surface area contributed by atoms with Crippen LogP contribution in [0.4, 0.5) is 11.6 Å². The predicted octanol–water partition coefficient (Wildman–Crippen LogP) is 3.62. The van der Waals surface area contributed by atoms with Crippen LogP contribution >= 0.6 is 0 Å². The summed E-state index contributed by atoms with van der Waals surface area (Å²) in [6, 6.07) is 16.0. The van der Waals surface area contributed by atoms with Gasteiger partial charge in [0.1, 0.15) is 0 Å². The molecule has 0 spiro atoms. The lowest BCUT2D eigenvalue weighted by molar-refractivity contribution is 0.0917. The molecule has 0 atom stereocenters.